The van der Waals surface area contributed by atoms with Crippen molar-refractivity contribution in [3.63, 3.8) is 0 Å². The number of hydrogen-bond donors (Lipinski definition) is 1. The van der Waals surface area contributed by atoms with Gasteiger partial charge < -0.3 is 14.6 Å². The predicted molar refractivity (Wildman–Crippen MR) is 139 cm³/mol. The van der Waals surface area contributed by atoms with Crippen molar-refractivity contribution in [1.82, 2.24) is 19.6 Å². The van der Waals surface area contributed by atoms with Crippen LogP contribution < -0.4 is 5.32 Å². The van der Waals surface area contributed by atoms with Crippen molar-refractivity contribution in [2.24, 2.45) is 0 Å². The number of thiophene rings is 1. The molecule has 1 aliphatic carbocycles. The quantitative estimate of drug-likeness (QED) is 0.339. The standard InChI is InChI=1S/C27H25N5O3S/c1-35-27(34)25-20-10-4-7-13-23(20)36-26(25)28-24(33)16-31-14-17(29-30-31)15-32-21-11-5-2-8-18(21)19-9-3-6-12-22(19)32/h2-3,5-6,8-9,11-12,14H,4,7,10,13,15-16H2,1H3,(H,28,33). The number of para-hydroxylation sites is 2. The minimum absolute atomic E-state index is 0.00333. The number of hydrogen-bond acceptors (Lipinski definition) is 6. The first kappa shape index (κ1) is 22.5. The molecule has 0 atom stereocenters. The van der Waals surface area contributed by atoms with Gasteiger partial charge in [0.05, 0.1) is 25.4 Å². The number of aromatic nitrogens is 4. The monoisotopic (exact) mass is 499 g/mol. The van der Waals surface area contributed by atoms with E-state index in [-0.39, 0.29) is 12.5 Å². The predicted octanol–water partition coefficient (Wildman–Crippen LogP) is 4.80. The zero-order chi connectivity index (χ0) is 24.6. The molecular weight excluding hydrogens is 474 g/mol. The molecule has 0 saturated carbocycles. The number of ether oxygens (including phenoxy) is 1. The highest BCUT2D eigenvalue weighted by Crippen LogP contribution is 2.38. The first-order valence-electron chi connectivity index (χ1n) is 12.0. The molecule has 9 heteroatoms. The third-order valence-corrected chi connectivity index (χ3v) is 7.91. The lowest BCUT2D eigenvalue weighted by Crippen LogP contribution is -2.20. The van der Waals surface area contributed by atoms with E-state index in [2.05, 4.69) is 44.5 Å². The Labute approximate surface area is 211 Å². The summed E-state index contributed by atoms with van der Waals surface area (Å²) in [6.07, 6.45) is 5.68. The van der Waals surface area contributed by atoms with Gasteiger partial charge in [0.25, 0.3) is 0 Å². The van der Waals surface area contributed by atoms with Crippen molar-refractivity contribution < 1.29 is 14.3 Å². The van der Waals surface area contributed by atoms with Gasteiger partial charge in [-0.05, 0) is 43.4 Å². The summed E-state index contributed by atoms with van der Waals surface area (Å²) in [7, 11) is 1.37. The van der Waals surface area contributed by atoms with Crippen LogP contribution in [0.2, 0.25) is 0 Å². The number of anilines is 1. The number of esters is 1. The average molecular weight is 500 g/mol. The smallest absolute Gasteiger partial charge is 0.341 e. The van der Waals surface area contributed by atoms with Crippen LogP contribution in [0, 0.1) is 0 Å². The number of benzene rings is 2. The Morgan fingerprint density at radius 1 is 1.03 bits per heavy atom. The zero-order valence-electron chi connectivity index (χ0n) is 19.9. The summed E-state index contributed by atoms with van der Waals surface area (Å²) < 4.78 is 8.75. The number of carbonyl (C=O) groups excluding carboxylic acids is 2. The number of nitrogens with zero attached hydrogens (tertiary/aromatic N) is 4. The molecule has 6 rings (SSSR count). The van der Waals surface area contributed by atoms with Gasteiger partial charge in [0.1, 0.15) is 17.2 Å². The fourth-order valence-corrected chi connectivity index (χ4v) is 6.40. The second-order valence-corrected chi connectivity index (χ2v) is 10.1. The Kier molecular flexibility index (Phi) is 5.77. The van der Waals surface area contributed by atoms with Crippen LogP contribution >= 0.6 is 11.3 Å². The van der Waals surface area contributed by atoms with Crippen LogP contribution in [0.4, 0.5) is 5.00 Å². The van der Waals surface area contributed by atoms with Gasteiger partial charge in [-0.25, -0.2) is 9.48 Å². The Hall–Kier alpha value is -3.98. The number of fused-ring (bicyclic) bond motifs is 4. The summed E-state index contributed by atoms with van der Waals surface area (Å²) in [6.45, 7) is 0.545. The molecule has 0 spiro atoms. The number of methoxy groups -OCH3 is 1. The van der Waals surface area contributed by atoms with Crippen LogP contribution in [0.15, 0.2) is 54.7 Å². The largest absolute Gasteiger partial charge is 0.465 e. The number of rotatable bonds is 6. The lowest BCUT2D eigenvalue weighted by atomic mass is 9.95. The number of amides is 1. The molecule has 0 unspecified atom stereocenters. The molecule has 1 amide bonds. The maximum absolute atomic E-state index is 12.9. The maximum atomic E-state index is 12.9. The van der Waals surface area contributed by atoms with Crippen LogP contribution in [-0.4, -0.2) is 38.5 Å². The molecule has 1 N–H and O–H groups in total. The Balaban J connectivity index is 1.22. The second kappa shape index (κ2) is 9.23. The van der Waals surface area contributed by atoms with Gasteiger partial charge in [-0.1, -0.05) is 41.6 Å². The average Bonchev–Trinajstić information content (AvgIpc) is 3.58. The van der Waals surface area contributed by atoms with E-state index in [0.717, 1.165) is 52.9 Å². The molecular formula is C27H25N5O3S. The molecule has 182 valence electrons. The fraction of sp³-hybridized carbons (Fsp3) is 0.259. The summed E-state index contributed by atoms with van der Waals surface area (Å²) in [4.78, 5) is 26.5. The highest BCUT2D eigenvalue weighted by atomic mass is 32.1. The van der Waals surface area contributed by atoms with Crippen molar-refractivity contribution in [3.05, 3.63) is 76.4 Å². The molecule has 2 aromatic carbocycles. The summed E-state index contributed by atoms with van der Waals surface area (Å²) in [5.41, 5.74) is 4.53. The molecule has 0 fully saturated rings. The first-order chi connectivity index (χ1) is 17.6. The van der Waals surface area contributed by atoms with Crippen molar-refractivity contribution in [2.75, 3.05) is 12.4 Å². The van der Waals surface area contributed by atoms with Gasteiger partial charge in [-0.15, -0.1) is 16.4 Å². The van der Waals surface area contributed by atoms with Gasteiger partial charge in [0.2, 0.25) is 5.91 Å². The van der Waals surface area contributed by atoms with Crippen LogP contribution in [0.25, 0.3) is 21.8 Å². The van der Waals surface area contributed by atoms with Gasteiger partial charge in [0, 0.05) is 26.7 Å². The minimum atomic E-state index is -0.404. The van der Waals surface area contributed by atoms with E-state index in [0.29, 0.717) is 17.1 Å². The summed E-state index contributed by atoms with van der Waals surface area (Å²) in [6, 6.07) is 16.6. The summed E-state index contributed by atoms with van der Waals surface area (Å²) in [5.74, 6) is -0.661. The normalized spacial score (nSPS) is 13.1. The van der Waals surface area contributed by atoms with Gasteiger partial charge >= 0.3 is 5.97 Å². The molecule has 36 heavy (non-hydrogen) atoms. The van der Waals surface area contributed by atoms with Crippen molar-refractivity contribution in [1.29, 1.82) is 0 Å². The van der Waals surface area contributed by atoms with E-state index in [1.54, 1.807) is 6.20 Å². The zero-order valence-corrected chi connectivity index (χ0v) is 20.7. The lowest BCUT2D eigenvalue weighted by Gasteiger charge is -2.11. The van der Waals surface area contributed by atoms with Crippen LogP contribution in [0.5, 0.6) is 0 Å². The van der Waals surface area contributed by atoms with Crippen molar-refractivity contribution in [3.8, 4) is 0 Å². The third kappa shape index (κ3) is 3.95. The number of aryl methyl sites for hydroxylation is 1. The maximum Gasteiger partial charge on any atom is 0.341 e. The van der Waals surface area contributed by atoms with Crippen molar-refractivity contribution >= 4 is 50.0 Å². The second-order valence-electron chi connectivity index (χ2n) is 8.98. The third-order valence-electron chi connectivity index (χ3n) is 6.71. The topological polar surface area (TPSA) is 91.0 Å². The Bertz CT molecular complexity index is 1560. The highest BCUT2D eigenvalue weighted by molar-refractivity contribution is 7.17. The van der Waals surface area contributed by atoms with E-state index in [1.165, 1.54) is 33.9 Å². The van der Waals surface area contributed by atoms with Gasteiger partial charge in [-0.2, -0.15) is 0 Å². The van der Waals surface area contributed by atoms with E-state index >= 15 is 0 Å². The van der Waals surface area contributed by atoms with Gasteiger partial charge in [-0.3, -0.25) is 4.79 Å². The van der Waals surface area contributed by atoms with Crippen LogP contribution in [-0.2, 0) is 35.5 Å². The molecule has 3 heterocycles. The number of nitrogens with one attached hydrogen (secondary N) is 1. The molecule has 3 aromatic heterocycles. The van der Waals surface area contributed by atoms with Crippen LogP contribution in [0.3, 0.4) is 0 Å². The van der Waals surface area contributed by atoms with Crippen molar-refractivity contribution in [2.45, 2.75) is 38.8 Å². The molecule has 0 radical (unpaired) electrons. The first-order valence-corrected chi connectivity index (χ1v) is 12.8. The number of carbonyl (C=O) groups is 2. The fourth-order valence-electron chi connectivity index (χ4n) is 5.11. The van der Waals surface area contributed by atoms with Crippen LogP contribution in [0.1, 0.15) is 39.3 Å². The SMILES string of the molecule is COC(=O)c1c(NC(=O)Cn2cc(Cn3c4ccccc4c4ccccc43)nn2)sc2c1CCCC2. The van der Waals surface area contributed by atoms with Gasteiger partial charge in [0.15, 0.2) is 0 Å². The molecule has 1 aliphatic rings. The Morgan fingerprint density at radius 2 is 1.72 bits per heavy atom. The Morgan fingerprint density at radius 3 is 2.44 bits per heavy atom. The molecule has 8 nitrogen and oxygen atoms in total. The molecule has 0 aliphatic heterocycles. The molecule has 5 aromatic rings. The summed E-state index contributed by atoms with van der Waals surface area (Å²) >= 11 is 1.47. The summed E-state index contributed by atoms with van der Waals surface area (Å²) in [5, 5.41) is 14.4. The molecule has 0 saturated heterocycles. The van der Waals surface area contributed by atoms with E-state index < -0.39 is 5.97 Å². The molecule has 0 bridgehead atoms. The highest BCUT2D eigenvalue weighted by Gasteiger charge is 2.27. The van der Waals surface area contributed by atoms with E-state index in [4.69, 9.17) is 4.74 Å². The lowest BCUT2D eigenvalue weighted by molar-refractivity contribution is -0.116. The van der Waals surface area contributed by atoms with E-state index in [1.807, 2.05) is 24.3 Å². The van der Waals surface area contributed by atoms with E-state index in [9.17, 15) is 9.59 Å². The minimum Gasteiger partial charge on any atom is -0.465 e.